The summed E-state index contributed by atoms with van der Waals surface area (Å²) in [6, 6.07) is 5.67. The minimum Gasteiger partial charge on any atom is -0.481 e. The van der Waals surface area contributed by atoms with E-state index in [4.69, 9.17) is 0 Å². The standard InChI is InChI=1S/C20H30O4/c1-11(2)9-14-7-8-15(17(12(3)4)19(21)22)16(10-14)18(13(5)6)20(23)24/h7-8,10-13,17-18H,9H2,1-6H3,(H,21,22)(H,23,24). The predicted octanol–water partition coefficient (Wildman–Crippen LogP) is 4.53. The number of benzene rings is 1. The maximum Gasteiger partial charge on any atom is 0.311 e. The summed E-state index contributed by atoms with van der Waals surface area (Å²) in [5, 5.41) is 19.4. The Morgan fingerprint density at radius 3 is 1.67 bits per heavy atom. The van der Waals surface area contributed by atoms with Crippen molar-refractivity contribution in [3.63, 3.8) is 0 Å². The largest absolute Gasteiger partial charge is 0.481 e. The molecular weight excluding hydrogens is 304 g/mol. The first kappa shape index (κ1) is 20.2. The van der Waals surface area contributed by atoms with E-state index in [1.165, 1.54) is 0 Å². The first-order valence-corrected chi connectivity index (χ1v) is 8.64. The third-order valence-corrected chi connectivity index (χ3v) is 4.33. The average molecular weight is 334 g/mol. The van der Waals surface area contributed by atoms with Crippen molar-refractivity contribution in [1.29, 1.82) is 0 Å². The third-order valence-electron chi connectivity index (χ3n) is 4.33. The van der Waals surface area contributed by atoms with Crippen LogP contribution < -0.4 is 0 Å². The molecule has 0 aromatic heterocycles. The zero-order valence-corrected chi connectivity index (χ0v) is 15.5. The summed E-state index contributed by atoms with van der Waals surface area (Å²) >= 11 is 0. The lowest BCUT2D eigenvalue weighted by Crippen LogP contribution is -2.24. The summed E-state index contributed by atoms with van der Waals surface area (Å²) in [7, 11) is 0. The molecule has 1 rings (SSSR count). The molecule has 0 aliphatic heterocycles. The number of carboxylic acids is 2. The molecule has 2 atom stereocenters. The molecule has 1 aromatic rings. The normalized spacial score (nSPS) is 14.2. The van der Waals surface area contributed by atoms with Gasteiger partial charge < -0.3 is 10.2 Å². The summed E-state index contributed by atoms with van der Waals surface area (Å²) in [5.74, 6) is -2.99. The van der Waals surface area contributed by atoms with Gasteiger partial charge in [0.25, 0.3) is 0 Å². The van der Waals surface area contributed by atoms with Crippen LogP contribution in [0.3, 0.4) is 0 Å². The fourth-order valence-corrected chi connectivity index (χ4v) is 3.33. The number of carboxylic acid groups (broad SMARTS) is 2. The zero-order valence-electron chi connectivity index (χ0n) is 15.5. The van der Waals surface area contributed by atoms with Crippen LogP contribution in [0.2, 0.25) is 0 Å². The number of hydrogen-bond donors (Lipinski definition) is 2. The van der Waals surface area contributed by atoms with E-state index in [9.17, 15) is 19.8 Å². The van der Waals surface area contributed by atoms with Crippen molar-refractivity contribution in [3.8, 4) is 0 Å². The van der Waals surface area contributed by atoms with Crippen molar-refractivity contribution in [1.82, 2.24) is 0 Å². The topological polar surface area (TPSA) is 74.6 Å². The van der Waals surface area contributed by atoms with E-state index in [-0.39, 0.29) is 11.8 Å². The minimum atomic E-state index is -0.907. The molecule has 4 heteroatoms. The van der Waals surface area contributed by atoms with Gasteiger partial charge in [0.1, 0.15) is 0 Å². The second-order valence-corrected chi connectivity index (χ2v) is 7.68. The highest BCUT2D eigenvalue weighted by atomic mass is 16.4. The van der Waals surface area contributed by atoms with E-state index in [2.05, 4.69) is 13.8 Å². The molecule has 0 aliphatic rings. The van der Waals surface area contributed by atoms with Gasteiger partial charge in [-0.15, -0.1) is 0 Å². The van der Waals surface area contributed by atoms with Crippen molar-refractivity contribution >= 4 is 11.9 Å². The second kappa shape index (κ2) is 8.32. The van der Waals surface area contributed by atoms with Gasteiger partial charge in [-0.2, -0.15) is 0 Å². The van der Waals surface area contributed by atoms with Gasteiger partial charge in [0.05, 0.1) is 11.8 Å². The van der Waals surface area contributed by atoms with Crippen LogP contribution in [0.25, 0.3) is 0 Å². The zero-order chi connectivity index (χ0) is 18.6. The van der Waals surface area contributed by atoms with E-state index in [0.29, 0.717) is 17.0 Å². The highest BCUT2D eigenvalue weighted by Crippen LogP contribution is 2.36. The molecule has 0 heterocycles. The van der Waals surface area contributed by atoms with Gasteiger partial charge in [-0.1, -0.05) is 59.7 Å². The van der Waals surface area contributed by atoms with Crippen LogP contribution in [0.1, 0.15) is 70.1 Å². The second-order valence-electron chi connectivity index (χ2n) is 7.68. The van der Waals surface area contributed by atoms with Crippen LogP contribution in [-0.2, 0) is 16.0 Å². The lowest BCUT2D eigenvalue weighted by molar-refractivity contribution is -0.141. The Balaban J connectivity index is 3.57. The van der Waals surface area contributed by atoms with Gasteiger partial charge in [-0.3, -0.25) is 9.59 Å². The van der Waals surface area contributed by atoms with Crippen molar-refractivity contribution in [2.24, 2.45) is 17.8 Å². The molecular formula is C20H30O4. The number of hydrogen-bond acceptors (Lipinski definition) is 2. The fraction of sp³-hybridized carbons (Fsp3) is 0.600. The monoisotopic (exact) mass is 334 g/mol. The van der Waals surface area contributed by atoms with Crippen molar-refractivity contribution in [2.75, 3.05) is 0 Å². The maximum atomic E-state index is 11.8. The fourth-order valence-electron chi connectivity index (χ4n) is 3.33. The summed E-state index contributed by atoms with van der Waals surface area (Å²) in [4.78, 5) is 23.6. The minimum absolute atomic E-state index is 0.112. The Morgan fingerprint density at radius 2 is 1.29 bits per heavy atom. The molecule has 0 spiro atoms. The summed E-state index contributed by atoms with van der Waals surface area (Å²) in [5.41, 5.74) is 2.34. The first-order valence-electron chi connectivity index (χ1n) is 8.64. The molecule has 4 nitrogen and oxygen atoms in total. The molecule has 134 valence electrons. The SMILES string of the molecule is CC(C)Cc1ccc(C(C(=O)O)C(C)C)c(C(C(=O)O)C(C)C)c1. The van der Waals surface area contributed by atoms with E-state index < -0.39 is 23.8 Å². The van der Waals surface area contributed by atoms with Crippen molar-refractivity contribution < 1.29 is 19.8 Å². The van der Waals surface area contributed by atoms with Crippen LogP contribution in [0, 0.1) is 17.8 Å². The molecule has 0 bridgehead atoms. The summed E-state index contributed by atoms with van der Waals surface area (Å²) in [6.45, 7) is 11.7. The highest BCUT2D eigenvalue weighted by Gasteiger charge is 2.32. The van der Waals surface area contributed by atoms with Crippen LogP contribution >= 0.6 is 0 Å². The first-order chi connectivity index (χ1) is 11.1. The van der Waals surface area contributed by atoms with Gasteiger partial charge in [0.2, 0.25) is 0 Å². The van der Waals surface area contributed by atoms with E-state index in [0.717, 1.165) is 12.0 Å². The van der Waals surface area contributed by atoms with E-state index >= 15 is 0 Å². The van der Waals surface area contributed by atoms with Gasteiger partial charge >= 0.3 is 11.9 Å². The molecule has 0 aliphatic carbocycles. The Labute approximate surface area is 144 Å². The van der Waals surface area contributed by atoms with Crippen molar-refractivity contribution in [2.45, 2.75) is 59.8 Å². The molecule has 0 saturated carbocycles. The Bertz CT molecular complexity index is 587. The predicted molar refractivity (Wildman–Crippen MR) is 95.4 cm³/mol. The average Bonchev–Trinajstić information content (AvgIpc) is 2.39. The summed E-state index contributed by atoms with van der Waals surface area (Å²) in [6.07, 6.45) is 0.844. The van der Waals surface area contributed by atoms with Crippen LogP contribution in [0.15, 0.2) is 18.2 Å². The molecule has 1 aromatic carbocycles. The third kappa shape index (κ3) is 4.83. The lowest BCUT2D eigenvalue weighted by Gasteiger charge is -2.26. The quantitative estimate of drug-likeness (QED) is 0.732. The van der Waals surface area contributed by atoms with Crippen LogP contribution in [0.5, 0.6) is 0 Å². The maximum absolute atomic E-state index is 11.8. The van der Waals surface area contributed by atoms with Crippen molar-refractivity contribution in [3.05, 3.63) is 34.9 Å². The summed E-state index contributed by atoms with van der Waals surface area (Å²) < 4.78 is 0. The molecule has 0 radical (unpaired) electrons. The van der Waals surface area contributed by atoms with E-state index in [1.54, 1.807) is 0 Å². The molecule has 24 heavy (non-hydrogen) atoms. The van der Waals surface area contributed by atoms with E-state index in [1.807, 2.05) is 45.9 Å². The van der Waals surface area contributed by atoms with Gasteiger partial charge in [-0.05, 0) is 40.9 Å². The van der Waals surface area contributed by atoms with Gasteiger partial charge in [0.15, 0.2) is 0 Å². The molecule has 0 fully saturated rings. The molecule has 2 N–H and O–H groups in total. The number of carbonyl (C=O) groups is 2. The Morgan fingerprint density at radius 1 is 0.833 bits per heavy atom. The number of aliphatic carboxylic acids is 2. The smallest absolute Gasteiger partial charge is 0.311 e. The Hall–Kier alpha value is -1.84. The number of rotatable bonds is 8. The molecule has 0 saturated heterocycles. The van der Waals surface area contributed by atoms with Gasteiger partial charge in [0, 0.05) is 0 Å². The molecule has 0 amide bonds. The van der Waals surface area contributed by atoms with Gasteiger partial charge in [-0.25, -0.2) is 0 Å². The Kier molecular flexibility index (Phi) is 7.00. The van der Waals surface area contributed by atoms with Crippen LogP contribution in [-0.4, -0.2) is 22.2 Å². The molecule has 2 unspecified atom stereocenters. The lowest BCUT2D eigenvalue weighted by atomic mass is 9.77. The highest BCUT2D eigenvalue weighted by molar-refractivity contribution is 5.81. The van der Waals surface area contributed by atoms with Crippen LogP contribution in [0.4, 0.5) is 0 Å².